The standard InChI is InChI=1S/C20H18N4O2S/c1-13-9-10-17(27-13)11-15(12-21)19(25)22-18-14(2)23(3)24(20(18)26)16-7-5-4-6-8-16/h4-11H,1-3H3,(H,22,25). The Balaban J connectivity index is 1.96. The van der Waals surface area contributed by atoms with Crippen LogP contribution in [0.1, 0.15) is 15.4 Å². The van der Waals surface area contributed by atoms with Crippen molar-refractivity contribution < 1.29 is 4.79 Å². The molecular formula is C20H18N4O2S. The minimum atomic E-state index is -0.602. The number of hydrogen-bond acceptors (Lipinski definition) is 4. The third-order valence-electron chi connectivity index (χ3n) is 4.21. The number of hydrogen-bond donors (Lipinski definition) is 1. The van der Waals surface area contributed by atoms with Crippen LogP contribution >= 0.6 is 11.3 Å². The van der Waals surface area contributed by atoms with Crippen molar-refractivity contribution in [2.24, 2.45) is 7.05 Å². The maximum absolute atomic E-state index is 12.8. The maximum Gasteiger partial charge on any atom is 0.295 e. The van der Waals surface area contributed by atoms with Crippen LogP contribution < -0.4 is 10.9 Å². The summed E-state index contributed by atoms with van der Waals surface area (Å²) in [7, 11) is 1.74. The average molecular weight is 378 g/mol. The normalized spacial score (nSPS) is 11.3. The molecule has 0 saturated carbocycles. The molecule has 0 unspecified atom stereocenters. The summed E-state index contributed by atoms with van der Waals surface area (Å²) in [6.45, 7) is 3.70. The van der Waals surface area contributed by atoms with Crippen molar-refractivity contribution in [2.75, 3.05) is 5.32 Å². The number of nitrogens with zero attached hydrogens (tertiary/aromatic N) is 3. The lowest BCUT2D eigenvalue weighted by atomic mass is 10.2. The zero-order chi connectivity index (χ0) is 19.6. The fourth-order valence-electron chi connectivity index (χ4n) is 2.71. The first-order chi connectivity index (χ1) is 12.9. The number of amides is 1. The van der Waals surface area contributed by atoms with Crippen molar-refractivity contribution in [3.8, 4) is 11.8 Å². The molecule has 1 N–H and O–H groups in total. The Labute approximate surface area is 160 Å². The van der Waals surface area contributed by atoms with E-state index in [0.717, 1.165) is 9.75 Å². The highest BCUT2D eigenvalue weighted by atomic mass is 32.1. The van der Waals surface area contributed by atoms with Gasteiger partial charge in [-0.05, 0) is 44.2 Å². The highest BCUT2D eigenvalue weighted by Crippen LogP contribution is 2.19. The van der Waals surface area contributed by atoms with Crippen LogP contribution in [0.3, 0.4) is 0 Å². The summed E-state index contributed by atoms with van der Waals surface area (Å²) in [6, 6.07) is 14.8. The fraction of sp³-hybridized carbons (Fsp3) is 0.150. The lowest BCUT2D eigenvalue weighted by Crippen LogP contribution is -2.23. The molecule has 0 aliphatic rings. The maximum atomic E-state index is 12.8. The van der Waals surface area contributed by atoms with Crippen LogP contribution in [-0.4, -0.2) is 15.3 Å². The number of para-hydroxylation sites is 1. The summed E-state index contributed by atoms with van der Waals surface area (Å²) in [6.07, 6.45) is 1.53. The van der Waals surface area contributed by atoms with Crippen molar-refractivity contribution in [1.29, 1.82) is 5.26 Å². The Morgan fingerprint density at radius 1 is 1.19 bits per heavy atom. The molecule has 1 amide bonds. The number of nitriles is 1. The molecule has 0 fully saturated rings. The van der Waals surface area contributed by atoms with Crippen molar-refractivity contribution >= 4 is 29.0 Å². The summed E-state index contributed by atoms with van der Waals surface area (Å²) in [4.78, 5) is 27.3. The van der Waals surface area contributed by atoms with E-state index in [0.29, 0.717) is 11.4 Å². The molecule has 2 aromatic heterocycles. The number of thiophene rings is 1. The Morgan fingerprint density at radius 2 is 1.89 bits per heavy atom. The number of aryl methyl sites for hydroxylation is 1. The van der Waals surface area contributed by atoms with Gasteiger partial charge in [-0.1, -0.05) is 18.2 Å². The van der Waals surface area contributed by atoms with E-state index in [4.69, 9.17) is 0 Å². The molecule has 0 radical (unpaired) electrons. The minimum absolute atomic E-state index is 0.0502. The lowest BCUT2D eigenvalue weighted by Gasteiger charge is -2.07. The lowest BCUT2D eigenvalue weighted by molar-refractivity contribution is -0.112. The molecule has 2 heterocycles. The third kappa shape index (κ3) is 3.61. The second-order valence-corrected chi connectivity index (χ2v) is 7.33. The van der Waals surface area contributed by atoms with E-state index >= 15 is 0 Å². The van der Waals surface area contributed by atoms with E-state index in [-0.39, 0.29) is 16.8 Å². The monoisotopic (exact) mass is 378 g/mol. The van der Waals surface area contributed by atoms with E-state index in [9.17, 15) is 14.9 Å². The summed E-state index contributed by atoms with van der Waals surface area (Å²) in [5.74, 6) is -0.602. The van der Waals surface area contributed by atoms with Crippen molar-refractivity contribution in [3.63, 3.8) is 0 Å². The Bertz CT molecular complexity index is 1130. The van der Waals surface area contributed by atoms with E-state index < -0.39 is 5.91 Å². The van der Waals surface area contributed by atoms with Crippen molar-refractivity contribution in [3.05, 3.63) is 73.8 Å². The molecule has 136 valence electrons. The van der Waals surface area contributed by atoms with Crippen molar-refractivity contribution in [1.82, 2.24) is 9.36 Å². The largest absolute Gasteiger partial charge is 0.315 e. The molecule has 0 bridgehead atoms. The van der Waals surface area contributed by atoms with E-state index in [2.05, 4.69) is 5.32 Å². The summed E-state index contributed by atoms with van der Waals surface area (Å²) in [5, 5.41) is 12.0. The molecule has 0 atom stereocenters. The van der Waals surface area contributed by atoms with E-state index in [1.165, 1.54) is 22.1 Å². The molecule has 7 heteroatoms. The first-order valence-electron chi connectivity index (χ1n) is 8.26. The van der Waals surface area contributed by atoms with Gasteiger partial charge in [-0.25, -0.2) is 4.68 Å². The van der Waals surface area contributed by atoms with Gasteiger partial charge in [-0.2, -0.15) is 5.26 Å². The number of nitrogens with one attached hydrogen (secondary N) is 1. The van der Waals surface area contributed by atoms with Gasteiger partial charge in [0.15, 0.2) is 0 Å². The number of carbonyl (C=O) groups excluding carboxylic acids is 1. The fourth-order valence-corrected chi connectivity index (χ4v) is 3.54. The molecule has 3 aromatic rings. The van der Waals surface area contributed by atoms with Crippen LogP contribution in [0.15, 0.2) is 52.8 Å². The first-order valence-corrected chi connectivity index (χ1v) is 9.07. The molecule has 0 spiro atoms. The molecule has 0 aliphatic carbocycles. The number of benzene rings is 1. The van der Waals surface area contributed by atoms with Gasteiger partial charge in [0, 0.05) is 16.8 Å². The Morgan fingerprint density at radius 3 is 2.48 bits per heavy atom. The third-order valence-corrected chi connectivity index (χ3v) is 5.15. The average Bonchev–Trinajstić information content (AvgIpc) is 3.16. The highest BCUT2D eigenvalue weighted by Gasteiger charge is 2.20. The van der Waals surface area contributed by atoms with E-state index in [1.54, 1.807) is 18.7 Å². The summed E-state index contributed by atoms with van der Waals surface area (Å²) < 4.78 is 3.15. The molecule has 6 nitrogen and oxygen atoms in total. The van der Waals surface area contributed by atoms with Crippen LogP contribution in [0.4, 0.5) is 5.69 Å². The number of aromatic nitrogens is 2. The quantitative estimate of drug-likeness (QED) is 0.558. The van der Waals surface area contributed by atoms with Gasteiger partial charge >= 0.3 is 0 Å². The van der Waals surface area contributed by atoms with Gasteiger partial charge in [0.25, 0.3) is 11.5 Å². The van der Waals surface area contributed by atoms with Crippen LogP contribution in [0, 0.1) is 25.2 Å². The van der Waals surface area contributed by atoms with Gasteiger partial charge in [0.2, 0.25) is 0 Å². The van der Waals surface area contributed by atoms with Crippen LogP contribution in [0.25, 0.3) is 11.8 Å². The number of anilines is 1. The van der Waals surface area contributed by atoms with Gasteiger partial charge in [-0.15, -0.1) is 11.3 Å². The number of carbonyl (C=O) groups is 1. The van der Waals surface area contributed by atoms with Gasteiger partial charge in [0.05, 0.1) is 11.4 Å². The molecule has 27 heavy (non-hydrogen) atoms. The van der Waals surface area contributed by atoms with E-state index in [1.807, 2.05) is 55.5 Å². The molecule has 3 rings (SSSR count). The molecule has 0 aliphatic heterocycles. The Kier molecular flexibility index (Phi) is 5.10. The first kappa shape index (κ1) is 18.4. The summed E-state index contributed by atoms with van der Waals surface area (Å²) in [5.41, 5.74) is 1.06. The Hall–Kier alpha value is -3.37. The highest BCUT2D eigenvalue weighted by molar-refractivity contribution is 7.12. The van der Waals surface area contributed by atoms with Crippen LogP contribution in [0.5, 0.6) is 0 Å². The second-order valence-electron chi connectivity index (χ2n) is 6.01. The van der Waals surface area contributed by atoms with Gasteiger partial charge in [0.1, 0.15) is 17.3 Å². The minimum Gasteiger partial charge on any atom is -0.315 e. The SMILES string of the molecule is Cc1ccc(C=C(C#N)C(=O)Nc2c(C)n(C)n(-c3ccccc3)c2=O)s1. The zero-order valence-electron chi connectivity index (χ0n) is 15.2. The number of rotatable bonds is 4. The van der Waals surface area contributed by atoms with Crippen LogP contribution in [-0.2, 0) is 11.8 Å². The zero-order valence-corrected chi connectivity index (χ0v) is 16.0. The molecular weight excluding hydrogens is 360 g/mol. The summed E-state index contributed by atoms with van der Waals surface area (Å²) >= 11 is 1.49. The van der Waals surface area contributed by atoms with Gasteiger partial charge < -0.3 is 5.32 Å². The van der Waals surface area contributed by atoms with Crippen LogP contribution in [0.2, 0.25) is 0 Å². The predicted octanol–water partition coefficient (Wildman–Crippen LogP) is 3.40. The molecule has 1 aromatic carbocycles. The van der Waals surface area contributed by atoms with Crippen molar-refractivity contribution in [2.45, 2.75) is 13.8 Å². The predicted molar refractivity (Wildman–Crippen MR) is 107 cm³/mol. The second kappa shape index (κ2) is 7.48. The smallest absolute Gasteiger partial charge is 0.295 e. The molecule has 0 saturated heterocycles. The topological polar surface area (TPSA) is 79.8 Å². The van der Waals surface area contributed by atoms with Gasteiger partial charge in [-0.3, -0.25) is 14.3 Å².